The lowest BCUT2D eigenvalue weighted by molar-refractivity contribution is 0.415. The molecule has 3 heteroatoms. The van der Waals surface area contributed by atoms with E-state index in [1.54, 1.807) is 31.4 Å². The molecule has 1 nitrogen and oxygen atoms in total. The number of aryl methyl sites for hydroxylation is 1. The van der Waals surface area contributed by atoms with Gasteiger partial charge in [-0.3, -0.25) is 0 Å². The minimum Gasteiger partial charge on any atom is -0.497 e. The summed E-state index contributed by atoms with van der Waals surface area (Å²) in [6, 6.07) is 24.9. The Kier molecular flexibility index (Phi) is 5.13. The largest absolute Gasteiger partial charge is 0.497 e. The standard InChI is InChI=1S/C26H20F2O/c1-17-3-5-18(6-4-17)23-13-9-20(15-25(23)27)21-10-14-24(26(28)16-21)19-7-11-22(29-2)12-8-19/h3-16H,1-2H3. The van der Waals surface area contributed by atoms with Crippen molar-refractivity contribution in [2.75, 3.05) is 7.11 Å². The summed E-state index contributed by atoms with van der Waals surface area (Å²) in [7, 11) is 1.59. The number of methoxy groups -OCH3 is 1. The van der Waals surface area contributed by atoms with Gasteiger partial charge in [-0.05, 0) is 53.4 Å². The number of hydrogen-bond donors (Lipinski definition) is 0. The van der Waals surface area contributed by atoms with Crippen LogP contribution in [0.15, 0.2) is 84.9 Å². The highest BCUT2D eigenvalue weighted by molar-refractivity contribution is 5.74. The van der Waals surface area contributed by atoms with Crippen LogP contribution in [0.25, 0.3) is 33.4 Å². The van der Waals surface area contributed by atoms with E-state index in [1.807, 2.05) is 55.5 Å². The maximum absolute atomic E-state index is 14.8. The maximum Gasteiger partial charge on any atom is 0.131 e. The van der Waals surface area contributed by atoms with Crippen LogP contribution in [0.5, 0.6) is 5.75 Å². The molecule has 0 radical (unpaired) electrons. The van der Waals surface area contributed by atoms with E-state index in [0.717, 1.165) is 22.4 Å². The van der Waals surface area contributed by atoms with Crippen LogP contribution in [-0.2, 0) is 0 Å². The molecule has 0 unspecified atom stereocenters. The van der Waals surface area contributed by atoms with Gasteiger partial charge in [-0.1, -0.05) is 66.2 Å². The average Bonchev–Trinajstić information content (AvgIpc) is 2.74. The predicted octanol–water partition coefficient (Wildman–Crippen LogP) is 7.28. The Hall–Kier alpha value is -3.46. The monoisotopic (exact) mass is 386 g/mol. The van der Waals surface area contributed by atoms with Crippen LogP contribution in [0.4, 0.5) is 8.78 Å². The molecular formula is C26H20F2O. The third-order valence-electron chi connectivity index (χ3n) is 5.04. The summed E-state index contributed by atoms with van der Waals surface area (Å²) in [5.74, 6) is 0.0385. The van der Waals surface area contributed by atoms with Crippen molar-refractivity contribution in [3.8, 4) is 39.1 Å². The summed E-state index contributed by atoms with van der Waals surface area (Å²) in [5, 5.41) is 0. The van der Waals surface area contributed by atoms with Crippen LogP contribution >= 0.6 is 0 Å². The predicted molar refractivity (Wildman–Crippen MR) is 114 cm³/mol. The summed E-state index contributed by atoms with van der Waals surface area (Å²) in [5.41, 5.74) is 5.00. The first-order chi connectivity index (χ1) is 14.0. The van der Waals surface area contributed by atoms with E-state index in [4.69, 9.17) is 4.74 Å². The normalized spacial score (nSPS) is 10.8. The van der Waals surface area contributed by atoms with Gasteiger partial charge >= 0.3 is 0 Å². The molecule has 4 aromatic carbocycles. The van der Waals surface area contributed by atoms with Gasteiger partial charge in [0.2, 0.25) is 0 Å². The zero-order valence-electron chi connectivity index (χ0n) is 16.2. The Labute approximate surface area is 169 Å². The first kappa shape index (κ1) is 18.9. The van der Waals surface area contributed by atoms with Crippen molar-refractivity contribution in [3.63, 3.8) is 0 Å². The van der Waals surface area contributed by atoms with Crippen LogP contribution in [0.1, 0.15) is 5.56 Å². The minimum atomic E-state index is -0.351. The Morgan fingerprint density at radius 1 is 0.552 bits per heavy atom. The van der Waals surface area contributed by atoms with E-state index in [0.29, 0.717) is 22.3 Å². The molecule has 0 heterocycles. The molecule has 0 atom stereocenters. The van der Waals surface area contributed by atoms with Crippen molar-refractivity contribution in [1.82, 2.24) is 0 Å². The molecule has 0 aliphatic heterocycles. The Balaban J connectivity index is 1.65. The molecule has 0 saturated carbocycles. The first-order valence-corrected chi connectivity index (χ1v) is 9.36. The molecule has 0 bridgehead atoms. The lowest BCUT2D eigenvalue weighted by atomic mass is 9.97. The van der Waals surface area contributed by atoms with E-state index >= 15 is 0 Å². The molecule has 0 amide bonds. The first-order valence-electron chi connectivity index (χ1n) is 9.36. The van der Waals surface area contributed by atoms with Crippen LogP contribution in [0.3, 0.4) is 0 Å². The van der Waals surface area contributed by atoms with Gasteiger partial charge in [0.15, 0.2) is 0 Å². The van der Waals surface area contributed by atoms with Crippen LogP contribution in [-0.4, -0.2) is 7.11 Å². The average molecular weight is 386 g/mol. The Morgan fingerprint density at radius 3 is 1.38 bits per heavy atom. The summed E-state index contributed by atoms with van der Waals surface area (Å²) in [6.45, 7) is 1.99. The molecule has 0 saturated heterocycles. The Bertz CT molecular complexity index is 1150. The Morgan fingerprint density at radius 2 is 0.966 bits per heavy atom. The molecule has 0 spiro atoms. The third-order valence-corrected chi connectivity index (χ3v) is 5.04. The molecule has 4 aromatic rings. The van der Waals surface area contributed by atoms with E-state index in [2.05, 4.69) is 0 Å². The van der Waals surface area contributed by atoms with Crippen molar-refractivity contribution in [3.05, 3.63) is 102 Å². The van der Waals surface area contributed by atoms with Gasteiger partial charge in [-0.15, -0.1) is 0 Å². The second kappa shape index (κ2) is 7.88. The van der Waals surface area contributed by atoms with Crippen molar-refractivity contribution in [1.29, 1.82) is 0 Å². The van der Waals surface area contributed by atoms with Crippen LogP contribution in [0.2, 0.25) is 0 Å². The number of hydrogen-bond acceptors (Lipinski definition) is 1. The number of rotatable bonds is 4. The second-order valence-corrected chi connectivity index (χ2v) is 6.98. The number of ether oxygens (including phenoxy) is 1. The SMILES string of the molecule is COc1ccc(-c2ccc(-c3ccc(-c4ccc(C)cc4)c(F)c3)cc2F)cc1. The van der Waals surface area contributed by atoms with Gasteiger partial charge in [0.1, 0.15) is 17.4 Å². The molecule has 0 aliphatic rings. The quantitative estimate of drug-likeness (QED) is 0.358. The van der Waals surface area contributed by atoms with E-state index in [1.165, 1.54) is 12.1 Å². The number of halogens is 2. The zero-order chi connectivity index (χ0) is 20.4. The molecule has 0 N–H and O–H groups in total. The smallest absolute Gasteiger partial charge is 0.131 e. The van der Waals surface area contributed by atoms with Gasteiger partial charge in [0, 0.05) is 11.1 Å². The van der Waals surface area contributed by atoms with Crippen molar-refractivity contribution < 1.29 is 13.5 Å². The highest BCUT2D eigenvalue weighted by Crippen LogP contribution is 2.31. The molecule has 0 aliphatic carbocycles. The lowest BCUT2D eigenvalue weighted by Gasteiger charge is -2.10. The highest BCUT2D eigenvalue weighted by atomic mass is 19.1. The molecule has 4 rings (SSSR count). The van der Waals surface area contributed by atoms with Crippen molar-refractivity contribution >= 4 is 0 Å². The fourth-order valence-corrected chi connectivity index (χ4v) is 3.36. The maximum atomic E-state index is 14.8. The summed E-state index contributed by atoms with van der Waals surface area (Å²) >= 11 is 0. The lowest BCUT2D eigenvalue weighted by Crippen LogP contribution is -1.90. The van der Waals surface area contributed by atoms with Crippen molar-refractivity contribution in [2.24, 2.45) is 0 Å². The zero-order valence-corrected chi connectivity index (χ0v) is 16.2. The third kappa shape index (κ3) is 3.90. The molecular weight excluding hydrogens is 366 g/mol. The van der Waals surface area contributed by atoms with Crippen LogP contribution in [0, 0.1) is 18.6 Å². The van der Waals surface area contributed by atoms with Gasteiger partial charge in [-0.25, -0.2) is 8.78 Å². The van der Waals surface area contributed by atoms with Gasteiger partial charge in [-0.2, -0.15) is 0 Å². The number of benzene rings is 4. The van der Waals surface area contributed by atoms with Gasteiger partial charge in [0.25, 0.3) is 0 Å². The van der Waals surface area contributed by atoms with Crippen LogP contribution < -0.4 is 4.74 Å². The summed E-state index contributed by atoms with van der Waals surface area (Å²) < 4.78 is 34.6. The van der Waals surface area contributed by atoms with Gasteiger partial charge in [0.05, 0.1) is 7.11 Å². The summed E-state index contributed by atoms with van der Waals surface area (Å²) in [6.07, 6.45) is 0. The van der Waals surface area contributed by atoms with E-state index in [-0.39, 0.29) is 11.6 Å². The minimum absolute atomic E-state index is 0.328. The van der Waals surface area contributed by atoms with Crippen molar-refractivity contribution in [2.45, 2.75) is 6.92 Å². The van der Waals surface area contributed by atoms with Gasteiger partial charge < -0.3 is 4.74 Å². The second-order valence-electron chi connectivity index (χ2n) is 6.98. The molecule has 0 fully saturated rings. The molecule has 29 heavy (non-hydrogen) atoms. The molecule has 144 valence electrons. The fourth-order valence-electron chi connectivity index (χ4n) is 3.36. The molecule has 0 aromatic heterocycles. The fraction of sp³-hybridized carbons (Fsp3) is 0.0769. The highest BCUT2D eigenvalue weighted by Gasteiger charge is 2.11. The van der Waals surface area contributed by atoms with E-state index in [9.17, 15) is 8.78 Å². The summed E-state index contributed by atoms with van der Waals surface area (Å²) in [4.78, 5) is 0. The topological polar surface area (TPSA) is 9.23 Å². The van der Waals surface area contributed by atoms with E-state index < -0.39 is 0 Å².